The molecule has 1 amide bonds. The average molecular weight is 481 g/mol. The van der Waals surface area contributed by atoms with Crippen LogP contribution in [0.1, 0.15) is 42.7 Å². The summed E-state index contributed by atoms with van der Waals surface area (Å²) in [7, 11) is -1.22. The van der Waals surface area contributed by atoms with Crippen LogP contribution in [0.2, 0.25) is 5.82 Å². The van der Waals surface area contributed by atoms with Gasteiger partial charge in [0.1, 0.15) is 18.9 Å². The van der Waals surface area contributed by atoms with Gasteiger partial charge in [-0.3, -0.25) is 24.2 Å². The van der Waals surface area contributed by atoms with Crippen molar-refractivity contribution in [3.05, 3.63) is 60.2 Å². The van der Waals surface area contributed by atoms with Crippen LogP contribution < -0.4 is 5.32 Å². The van der Waals surface area contributed by atoms with E-state index in [1.165, 1.54) is 18.6 Å². The Morgan fingerprint density at radius 1 is 1.06 bits per heavy atom. The minimum absolute atomic E-state index is 0.0808. The number of hydrogen-bond donors (Lipinski definition) is 1. The standard InChI is InChI=1S/C24H28BN3O7/c1-16(2)10-18(25-34-22(30)14-33-15-23(31)35-25)12-21(29)19(11-17-6-4-3-5-7-17)28-24(32)20-13-26-8-9-27-20/h3-9,13,16,18-19H,10-12,14-15H2,1-2H3,(H,28,32)/t18-,19+/m1/s1. The number of nitrogens with zero attached hydrogens (tertiary/aromatic N) is 2. The van der Waals surface area contributed by atoms with Crippen molar-refractivity contribution >= 4 is 30.7 Å². The molecule has 0 bridgehead atoms. The maximum Gasteiger partial charge on any atom is 0.602 e. The molecule has 0 aliphatic carbocycles. The third-order valence-electron chi connectivity index (χ3n) is 5.33. The molecule has 35 heavy (non-hydrogen) atoms. The second-order valence-corrected chi connectivity index (χ2v) is 8.71. The summed E-state index contributed by atoms with van der Waals surface area (Å²) in [6.45, 7) is 3.15. The van der Waals surface area contributed by atoms with Gasteiger partial charge in [-0.1, -0.05) is 44.2 Å². The number of carbonyl (C=O) groups is 4. The minimum atomic E-state index is -1.22. The first-order valence-electron chi connectivity index (χ1n) is 11.4. The van der Waals surface area contributed by atoms with Gasteiger partial charge in [-0.15, -0.1) is 0 Å². The van der Waals surface area contributed by atoms with Gasteiger partial charge in [0, 0.05) is 24.6 Å². The van der Waals surface area contributed by atoms with Gasteiger partial charge in [-0.25, -0.2) is 4.98 Å². The molecule has 2 heterocycles. The van der Waals surface area contributed by atoms with Gasteiger partial charge in [-0.2, -0.15) is 0 Å². The molecule has 11 heteroatoms. The third kappa shape index (κ3) is 8.29. The van der Waals surface area contributed by atoms with Gasteiger partial charge in [-0.05, 0) is 24.3 Å². The zero-order valence-electron chi connectivity index (χ0n) is 19.7. The van der Waals surface area contributed by atoms with E-state index in [1.807, 2.05) is 44.2 Å². The molecule has 184 valence electrons. The van der Waals surface area contributed by atoms with E-state index in [0.29, 0.717) is 6.42 Å². The summed E-state index contributed by atoms with van der Waals surface area (Å²) in [5.41, 5.74) is 0.937. The largest absolute Gasteiger partial charge is 0.602 e. The van der Waals surface area contributed by atoms with E-state index < -0.39 is 36.8 Å². The highest BCUT2D eigenvalue weighted by Gasteiger charge is 2.41. The maximum atomic E-state index is 13.5. The fourth-order valence-electron chi connectivity index (χ4n) is 3.80. The number of ether oxygens (including phenoxy) is 1. The van der Waals surface area contributed by atoms with E-state index in [2.05, 4.69) is 15.3 Å². The van der Waals surface area contributed by atoms with Gasteiger partial charge in [0.2, 0.25) is 0 Å². The van der Waals surface area contributed by atoms with Crippen LogP contribution in [0.4, 0.5) is 0 Å². The predicted molar refractivity (Wildman–Crippen MR) is 125 cm³/mol. The number of aromatic nitrogens is 2. The summed E-state index contributed by atoms with van der Waals surface area (Å²) in [5, 5.41) is 2.76. The summed E-state index contributed by atoms with van der Waals surface area (Å²) in [5.74, 6) is -2.66. The molecule has 0 spiro atoms. The van der Waals surface area contributed by atoms with Crippen molar-refractivity contribution in [2.45, 2.75) is 45.0 Å². The van der Waals surface area contributed by atoms with Crippen molar-refractivity contribution in [3.63, 3.8) is 0 Å². The summed E-state index contributed by atoms with van der Waals surface area (Å²) >= 11 is 0. The molecular formula is C24H28BN3O7. The molecule has 1 aromatic heterocycles. The molecule has 0 unspecified atom stereocenters. The highest BCUT2D eigenvalue weighted by molar-refractivity contribution is 6.51. The van der Waals surface area contributed by atoms with Crippen LogP contribution in [0.3, 0.4) is 0 Å². The van der Waals surface area contributed by atoms with Crippen LogP contribution >= 0.6 is 0 Å². The molecule has 1 aromatic carbocycles. The maximum absolute atomic E-state index is 13.5. The first-order chi connectivity index (χ1) is 16.8. The van der Waals surface area contributed by atoms with Crippen molar-refractivity contribution in [3.8, 4) is 0 Å². The molecule has 0 radical (unpaired) electrons. The topological polar surface area (TPSA) is 134 Å². The average Bonchev–Trinajstić information content (AvgIpc) is 2.82. The number of Topliss-reactive ketones (excluding diaryl/α,β-unsaturated/α-hetero) is 1. The Bertz CT molecular complexity index is 1000. The lowest BCUT2D eigenvalue weighted by molar-refractivity contribution is -0.153. The Morgan fingerprint density at radius 3 is 2.34 bits per heavy atom. The molecule has 1 N–H and O–H groups in total. The molecule has 3 rings (SSSR count). The second kappa shape index (κ2) is 12.8. The Hall–Kier alpha value is -3.60. The number of benzene rings is 1. The lowest BCUT2D eigenvalue weighted by atomic mass is 9.64. The lowest BCUT2D eigenvalue weighted by Gasteiger charge is -2.26. The molecule has 1 fully saturated rings. The normalized spacial score (nSPS) is 15.9. The fourth-order valence-corrected chi connectivity index (χ4v) is 3.80. The van der Waals surface area contributed by atoms with E-state index in [0.717, 1.165) is 5.56 Å². The zero-order chi connectivity index (χ0) is 25.2. The minimum Gasteiger partial charge on any atom is -0.497 e. The van der Waals surface area contributed by atoms with Crippen molar-refractivity contribution in [2.24, 2.45) is 5.92 Å². The molecule has 2 aromatic rings. The molecule has 10 nitrogen and oxygen atoms in total. The molecule has 2 atom stereocenters. The number of amides is 1. The predicted octanol–water partition coefficient (Wildman–Crippen LogP) is 1.80. The van der Waals surface area contributed by atoms with Crippen molar-refractivity contribution < 1.29 is 33.2 Å². The van der Waals surface area contributed by atoms with E-state index in [9.17, 15) is 19.2 Å². The summed E-state index contributed by atoms with van der Waals surface area (Å²) < 4.78 is 15.5. The van der Waals surface area contributed by atoms with E-state index >= 15 is 0 Å². The van der Waals surface area contributed by atoms with Crippen LogP contribution in [0.5, 0.6) is 0 Å². The number of ketones is 1. The molecule has 0 saturated carbocycles. The Kier molecular flexibility index (Phi) is 9.48. The third-order valence-corrected chi connectivity index (χ3v) is 5.33. The van der Waals surface area contributed by atoms with Crippen LogP contribution in [-0.2, 0) is 34.9 Å². The first-order valence-corrected chi connectivity index (χ1v) is 11.4. The van der Waals surface area contributed by atoms with Gasteiger partial charge in [0.15, 0.2) is 5.78 Å². The highest BCUT2D eigenvalue weighted by Crippen LogP contribution is 2.28. The van der Waals surface area contributed by atoms with E-state index in [1.54, 1.807) is 0 Å². The molecule has 1 saturated heterocycles. The molecule has 1 aliphatic heterocycles. The second-order valence-electron chi connectivity index (χ2n) is 8.71. The first kappa shape index (κ1) is 26.0. The highest BCUT2D eigenvalue weighted by atomic mass is 16.7. The number of nitrogens with one attached hydrogen (secondary N) is 1. The van der Waals surface area contributed by atoms with Gasteiger partial charge in [0.05, 0.1) is 12.2 Å². The van der Waals surface area contributed by atoms with Crippen LogP contribution in [-0.4, -0.2) is 60.0 Å². The van der Waals surface area contributed by atoms with Crippen molar-refractivity contribution in [2.75, 3.05) is 13.2 Å². The van der Waals surface area contributed by atoms with Crippen LogP contribution in [0, 0.1) is 5.92 Å². The monoisotopic (exact) mass is 481 g/mol. The van der Waals surface area contributed by atoms with E-state index in [4.69, 9.17) is 14.0 Å². The summed E-state index contributed by atoms with van der Waals surface area (Å²) in [6, 6.07) is 8.39. The van der Waals surface area contributed by atoms with Gasteiger partial charge >= 0.3 is 19.1 Å². The lowest BCUT2D eigenvalue weighted by Crippen LogP contribution is -2.45. The molecular weight excluding hydrogens is 453 g/mol. The van der Waals surface area contributed by atoms with Crippen molar-refractivity contribution in [1.82, 2.24) is 15.3 Å². The van der Waals surface area contributed by atoms with Gasteiger partial charge < -0.3 is 19.4 Å². The number of carbonyl (C=O) groups excluding carboxylic acids is 4. The zero-order valence-corrected chi connectivity index (χ0v) is 19.7. The summed E-state index contributed by atoms with van der Waals surface area (Å²) in [6.07, 6.45) is 4.77. The Morgan fingerprint density at radius 2 is 1.74 bits per heavy atom. The van der Waals surface area contributed by atoms with Crippen LogP contribution in [0.25, 0.3) is 0 Å². The Labute approximate surface area is 203 Å². The molecule has 1 aliphatic rings. The van der Waals surface area contributed by atoms with Gasteiger partial charge in [0.25, 0.3) is 5.91 Å². The Balaban J connectivity index is 1.81. The fraction of sp³-hybridized carbons (Fsp3) is 0.417. The summed E-state index contributed by atoms with van der Waals surface area (Å²) in [4.78, 5) is 58.2. The van der Waals surface area contributed by atoms with Crippen LogP contribution in [0.15, 0.2) is 48.9 Å². The van der Waals surface area contributed by atoms with E-state index in [-0.39, 0.29) is 43.5 Å². The smallest absolute Gasteiger partial charge is 0.497 e. The number of hydrogen-bond acceptors (Lipinski definition) is 9. The SMILES string of the molecule is CC(C)C[C@H](CC(=O)[C@H](Cc1ccccc1)NC(=O)c1cnccn1)B1OC(=O)COCC(=O)O1. The van der Waals surface area contributed by atoms with Crippen molar-refractivity contribution in [1.29, 1.82) is 0 Å². The number of rotatable bonds is 10. The quantitative estimate of drug-likeness (QED) is 0.504.